The third kappa shape index (κ3) is 3.66. The van der Waals surface area contributed by atoms with Gasteiger partial charge in [0.1, 0.15) is 5.75 Å². The van der Waals surface area contributed by atoms with Gasteiger partial charge in [0.2, 0.25) is 0 Å². The molecule has 0 aliphatic heterocycles. The van der Waals surface area contributed by atoms with Crippen molar-refractivity contribution in [3.05, 3.63) is 69.6 Å². The molecule has 2 rings (SSSR count). The zero-order valence-electron chi connectivity index (χ0n) is 12.8. The fourth-order valence-electron chi connectivity index (χ4n) is 2.45. The van der Waals surface area contributed by atoms with Gasteiger partial charge in [0, 0.05) is 43.3 Å². The van der Waals surface area contributed by atoms with E-state index in [0.29, 0.717) is 15.8 Å². The van der Waals surface area contributed by atoms with Crippen LogP contribution in [0.2, 0.25) is 10.0 Å². The largest absolute Gasteiger partial charge is 0.496 e. The molecule has 0 aliphatic rings. The number of halogens is 2. The van der Waals surface area contributed by atoms with Gasteiger partial charge in [-0.25, -0.2) is 0 Å². The summed E-state index contributed by atoms with van der Waals surface area (Å²) in [5.74, 6) is 0.314. The van der Waals surface area contributed by atoms with Crippen molar-refractivity contribution in [1.82, 2.24) is 10.3 Å². The van der Waals surface area contributed by atoms with Gasteiger partial charge in [0.15, 0.2) is 0 Å². The van der Waals surface area contributed by atoms with E-state index in [1.54, 1.807) is 44.9 Å². The van der Waals surface area contributed by atoms with Crippen LogP contribution in [-0.4, -0.2) is 25.4 Å². The Kier molecular flexibility index (Phi) is 6.02. The Morgan fingerprint density at radius 2 is 1.96 bits per heavy atom. The van der Waals surface area contributed by atoms with Gasteiger partial charge in [-0.2, -0.15) is 0 Å². The van der Waals surface area contributed by atoms with Gasteiger partial charge in [0.25, 0.3) is 0 Å². The van der Waals surface area contributed by atoms with Crippen molar-refractivity contribution in [2.45, 2.75) is 5.92 Å². The fourth-order valence-corrected chi connectivity index (χ4v) is 2.88. The molecular weight excluding hydrogens is 333 g/mol. The van der Waals surface area contributed by atoms with Crippen LogP contribution in [0, 0.1) is 5.41 Å². The van der Waals surface area contributed by atoms with Crippen molar-refractivity contribution >= 4 is 29.4 Å². The average molecular weight is 350 g/mol. The van der Waals surface area contributed by atoms with E-state index in [1.807, 2.05) is 12.1 Å². The molecule has 23 heavy (non-hydrogen) atoms. The number of nitrogens with one attached hydrogen (secondary N) is 2. The summed E-state index contributed by atoms with van der Waals surface area (Å²) in [6.45, 7) is 0. The quantitative estimate of drug-likeness (QED) is 0.765. The topological polar surface area (TPSA) is 58.0 Å². The molecule has 0 saturated heterocycles. The van der Waals surface area contributed by atoms with Crippen LogP contribution in [0.25, 0.3) is 0 Å². The highest BCUT2D eigenvalue weighted by Gasteiger charge is 2.25. The second kappa shape index (κ2) is 7.99. The second-order valence-corrected chi connectivity index (χ2v) is 5.55. The lowest BCUT2D eigenvalue weighted by Crippen LogP contribution is -2.11. The minimum atomic E-state index is -0.302. The number of nitrogens with zero attached hydrogens (tertiary/aromatic N) is 1. The predicted molar refractivity (Wildman–Crippen MR) is 95.0 cm³/mol. The fraction of sp³-hybridized carbons (Fsp3) is 0.176. The molecule has 0 radical (unpaired) electrons. The molecule has 0 amide bonds. The summed E-state index contributed by atoms with van der Waals surface area (Å²) in [4.78, 5) is 4.05. The van der Waals surface area contributed by atoms with Crippen LogP contribution in [0.5, 0.6) is 5.75 Å². The van der Waals surface area contributed by atoms with Crippen molar-refractivity contribution in [3.63, 3.8) is 0 Å². The van der Waals surface area contributed by atoms with Crippen LogP contribution in [0.15, 0.2) is 48.4 Å². The van der Waals surface area contributed by atoms with Gasteiger partial charge in [-0.3, -0.25) is 4.98 Å². The van der Waals surface area contributed by atoms with Crippen molar-refractivity contribution < 1.29 is 4.74 Å². The molecule has 0 saturated carbocycles. The number of ether oxygens (including phenoxy) is 1. The maximum absolute atomic E-state index is 7.78. The van der Waals surface area contributed by atoms with Crippen molar-refractivity contribution in [3.8, 4) is 5.75 Å². The molecule has 0 aliphatic carbocycles. The zero-order chi connectivity index (χ0) is 16.8. The minimum Gasteiger partial charge on any atom is -0.496 e. The number of aromatic nitrogens is 1. The number of hydrogen-bond donors (Lipinski definition) is 2. The first-order valence-electron chi connectivity index (χ1n) is 6.93. The van der Waals surface area contributed by atoms with E-state index in [4.69, 9.17) is 33.3 Å². The number of benzene rings is 1. The van der Waals surface area contributed by atoms with Gasteiger partial charge < -0.3 is 15.5 Å². The monoisotopic (exact) mass is 349 g/mol. The van der Waals surface area contributed by atoms with Gasteiger partial charge in [0.05, 0.1) is 17.2 Å². The van der Waals surface area contributed by atoms with Crippen LogP contribution in [0.3, 0.4) is 0 Å². The van der Waals surface area contributed by atoms with E-state index in [9.17, 15) is 0 Å². The van der Waals surface area contributed by atoms with Crippen LogP contribution in [0.1, 0.15) is 17.0 Å². The number of pyridine rings is 1. The van der Waals surface area contributed by atoms with Gasteiger partial charge in [-0.05, 0) is 35.4 Å². The first kappa shape index (κ1) is 17.3. The van der Waals surface area contributed by atoms with Crippen LogP contribution in [0.4, 0.5) is 0 Å². The van der Waals surface area contributed by atoms with E-state index in [-0.39, 0.29) is 5.92 Å². The molecule has 120 valence electrons. The molecule has 1 aromatic carbocycles. The number of rotatable bonds is 6. The third-order valence-corrected chi connectivity index (χ3v) is 4.27. The molecule has 0 spiro atoms. The normalized spacial score (nSPS) is 12.6. The Bertz CT molecular complexity index is 717. The summed E-state index contributed by atoms with van der Waals surface area (Å²) in [6.07, 6.45) is 6.45. The summed E-state index contributed by atoms with van der Waals surface area (Å²) in [5, 5.41) is 11.6. The first-order chi connectivity index (χ1) is 11.1. The highest BCUT2D eigenvalue weighted by molar-refractivity contribution is 6.42. The predicted octanol–water partition coefficient (Wildman–Crippen LogP) is 4.28. The molecular formula is C17H17Cl2N3O. The Labute approximate surface area is 145 Å². The highest BCUT2D eigenvalue weighted by atomic mass is 35.5. The zero-order valence-corrected chi connectivity index (χ0v) is 14.3. The lowest BCUT2D eigenvalue weighted by molar-refractivity contribution is 0.409. The highest BCUT2D eigenvalue weighted by Crippen LogP contribution is 2.43. The van der Waals surface area contributed by atoms with Gasteiger partial charge >= 0.3 is 0 Å². The van der Waals surface area contributed by atoms with Crippen molar-refractivity contribution in [1.29, 1.82) is 5.41 Å². The third-order valence-electron chi connectivity index (χ3n) is 3.45. The molecule has 2 N–H and O–H groups in total. The molecule has 2 aromatic rings. The molecule has 1 unspecified atom stereocenters. The number of allylic oxidation sites excluding steroid dienone is 1. The molecule has 4 nitrogen and oxygen atoms in total. The van der Waals surface area contributed by atoms with E-state index in [2.05, 4.69) is 10.3 Å². The SMILES string of the molecule is CN/C=C(\C=N)C(c1ccncc1)c1c(OC)ccc(Cl)c1Cl. The summed E-state index contributed by atoms with van der Waals surface area (Å²) in [5.41, 5.74) is 2.38. The summed E-state index contributed by atoms with van der Waals surface area (Å²) >= 11 is 12.7. The Hall–Kier alpha value is -2.04. The number of methoxy groups -OCH3 is 1. The van der Waals surface area contributed by atoms with E-state index >= 15 is 0 Å². The smallest absolute Gasteiger partial charge is 0.124 e. The molecule has 0 bridgehead atoms. The number of hydrogen-bond acceptors (Lipinski definition) is 4. The summed E-state index contributed by atoms with van der Waals surface area (Å²) < 4.78 is 5.47. The Morgan fingerprint density at radius 1 is 1.26 bits per heavy atom. The maximum atomic E-state index is 7.78. The average Bonchev–Trinajstić information content (AvgIpc) is 2.59. The Morgan fingerprint density at radius 3 is 2.52 bits per heavy atom. The van der Waals surface area contributed by atoms with E-state index in [1.165, 1.54) is 6.21 Å². The molecule has 6 heteroatoms. The van der Waals surface area contributed by atoms with Gasteiger partial charge in [-0.1, -0.05) is 23.2 Å². The molecule has 1 heterocycles. The van der Waals surface area contributed by atoms with Crippen LogP contribution >= 0.6 is 23.2 Å². The lowest BCUT2D eigenvalue weighted by Gasteiger charge is -2.23. The minimum absolute atomic E-state index is 0.302. The molecule has 1 aromatic heterocycles. The first-order valence-corrected chi connectivity index (χ1v) is 7.69. The molecule has 0 fully saturated rings. The Balaban J connectivity index is 2.76. The lowest BCUT2D eigenvalue weighted by atomic mass is 9.85. The van der Waals surface area contributed by atoms with Crippen molar-refractivity contribution in [2.75, 3.05) is 14.2 Å². The maximum Gasteiger partial charge on any atom is 0.124 e. The second-order valence-electron chi connectivity index (χ2n) is 4.77. The van der Waals surface area contributed by atoms with Crippen molar-refractivity contribution in [2.24, 2.45) is 0 Å². The van der Waals surface area contributed by atoms with E-state index in [0.717, 1.165) is 16.7 Å². The van der Waals surface area contributed by atoms with Gasteiger partial charge in [-0.15, -0.1) is 0 Å². The van der Waals surface area contributed by atoms with Crippen LogP contribution in [-0.2, 0) is 0 Å². The summed E-state index contributed by atoms with van der Waals surface area (Å²) in [7, 11) is 3.36. The van der Waals surface area contributed by atoms with E-state index < -0.39 is 0 Å². The van der Waals surface area contributed by atoms with Crippen LogP contribution < -0.4 is 10.1 Å². The molecule has 1 atom stereocenters. The standard InChI is InChI=1S/C17H17Cl2N3O/c1-21-10-12(9-20)15(11-5-7-22-8-6-11)16-14(23-2)4-3-13(18)17(16)19/h3-10,15,20-21H,1-2H3/b12-10+,20-9?. The summed E-state index contributed by atoms with van der Waals surface area (Å²) in [6, 6.07) is 7.24.